The minimum Gasteiger partial charge on any atom is -0.355 e. The summed E-state index contributed by atoms with van der Waals surface area (Å²) in [6.45, 7) is 5.83. The van der Waals surface area contributed by atoms with Crippen LogP contribution in [0.4, 0.5) is 5.13 Å². The smallest absolute Gasteiger partial charge is 0.224 e. The average Bonchev–Trinajstić information content (AvgIpc) is 2.97. The Morgan fingerprint density at radius 1 is 1.19 bits per heavy atom. The van der Waals surface area contributed by atoms with Gasteiger partial charge >= 0.3 is 0 Å². The van der Waals surface area contributed by atoms with Crippen molar-refractivity contribution in [3.05, 3.63) is 18.3 Å². The van der Waals surface area contributed by atoms with Crippen molar-refractivity contribution in [1.82, 2.24) is 20.2 Å². The van der Waals surface area contributed by atoms with Crippen molar-refractivity contribution in [3.63, 3.8) is 0 Å². The molecule has 1 N–H and O–H groups in total. The van der Waals surface area contributed by atoms with Crippen molar-refractivity contribution in [2.75, 3.05) is 44.2 Å². The second kappa shape index (κ2) is 8.97. The van der Waals surface area contributed by atoms with Crippen LogP contribution in [0.15, 0.2) is 18.3 Å². The number of fused-ring (bicyclic) bond motifs is 1. The number of piperidine rings is 1. The molecule has 0 unspecified atom stereocenters. The van der Waals surface area contributed by atoms with Gasteiger partial charge in [-0.15, -0.1) is 0 Å². The first kappa shape index (κ1) is 18.6. The van der Waals surface area contributed by atoms with Crippen LogP contribution in [0.1, 0.15) is 38.5 Å². The molecular formula is C20H29N5OS. The van der Waals surface area contributed by atoms with Crippen LogP contribution < -0.4 is 10.2 Å². The Morgan fingerprint density at radius 2 is 2.04 bits per heavy atom. The summed E-state index contributed by atoms with van der Waals surface area (Å²) >= 11 is 1.62. The van der Waals surface area contributed by atoms with Crippen molar-refractivity contribution >= 4 is 32.7 Å². The van der Waals surface area contributed by atoms with E-state index in [-0.39, 0.29) is 11.8 Å². The highest BCUT2D eigenvalue weighted by atomic mass is 32.1. The van der Waals surface area contributed by atoms with Gasteiger partial charge in [-0.1, -0.05) is 24.2 Å². The fourth-order valence-electron chi connectivity index (χ4n) is 4.10. The normalized spacial score (nSPS) is 21.9. The number of aromatic nitrogens is 2. The van der Waals surface area contributed by atoms with E-state index in [4.69, 9.17) is 4.98 Å². The summed E-state index contributed by atoms with van der Waals surface area (Å²) in [5.41, 5.74) is 0.946. The average molecular weight is 388 g/mol. The molecule has 0 bridgehead atoms. The molecule has 1 atom stereocenters. The summed E-state index contributed by atoms with van der Waals surface area (Å²) in [5.74, 6) is 0.261. The Labute approximate surface area is 165 Å². The second-order valence-electron chi connectivity index (χ2n) is 7.66. The number of rotatable bonds is 5. The molecule has 146 valence electrons. The van der Waals surface area contributed by atoms with Crippen LogP contribution in [0, 0.1) is 5.92 Å². The van der Waals surface area contributed by atoms with E-state index < -0.39 is 0 Å². The Kier molecular flexibility index (Phi) is 6.19. The molecule has 0 saturated carbocycles. The van der Waals surface area contributed by atoms with E-state index in [1.54, 1.807) is 17.5 Å². The van der Waals surface area contributed by atoms with E-state index >= 15 is 0 Å². The van der Waals surface area contributed by atoms with Crippen LogP contribution in [0.5, 0.6) is 0 Å². The van der Waals surface area contributed by atoms with E-state index in [0.29, 0.717) is 0 Å². The van der Waals surface area contributed by atoms with Crippen molar-refractivity contribution in [1.29, 1.82) is 0 Å². The third-order valence-corrected chi connectivity index (χ3v) is 6.68. The number of carbonyl (C=O) groups is 1. The highest BCUT2D eigenvalue weighted by Crippen LogP contribution is 2.30. The zero-order valence-corrected chi connectivity index (χ0v) is 16.7. The molecule has 7 heteroatoms. The number of likely N-dealkylation sites (tertiary alicyclic amines) is 1. The Morgan fingerprint density at radius 3 is 2.85 bits per heavy atom. The van der Waals surface area contributed by atoms with Gasteiger partial charge in [-0.25, -0.2) is 9.97 Å². The summed E-state index contributed by atoms with van der Waals surface area (Å²) in [6, 6.07) is 3.92. The summed E-state index contributed by atoms with van der Waals surface area (Å²) < 4.78 is 0. The van der Waals surface area contributed by atoms with Gasteiger partial charge < -0.3 is 15.1 Å². The van der Waals surface area contributed by atoms with Crippen molar-refractivity contribution in [2.45, 2.75) is 38.5 Å². The fourth-order valence-corrected chi connectivity index (χ4v) is 5.04. The van der Waals surface area contributed by atoms with Gasteiger partial charge in [0, 0.05) is 32.4 Å². The SMILES string of the molecule is O=C(NCCN1CCCCCC1)[C@H]1CCCN(c2nc3cccnc3s2)C1. The zero-order valence-electron chi connectivity index (χ0n) is 15.9. The third-order valence-electron chi connectivity index (χ3n) is 5.64. The molecule has 6 nitrogen and oxygen atoms in total. The predicted octanol–water partition coefficient (Wildman–Crippen LogP) is 2.90. The summed E-state index contributed by atoms with van der Waals surface area (Å²) in [7, 11) is 0. The van der Waals surface area contributed by atoms with Crippen molar-refractivity contribution in [2.24, 2.45) is 5.92 Å². The zero-order chi connectivity index (χ0) is 18.5. The second-order valence-corrected chi connectivity index (χ2v) is 8.61. The monoisotopic (exact) mass is 387 g/mol. The molecular weight excluding hydrogens is 358 g/mol. The quantitative estimate of drug-likeness (QED) is 0.855. The fraction of sp³-hybridized carbons (Fsp3) is 0.650. The molecule has 4 rings (SSSR count). The lowest BCUT2D eigenvalue weighted by atomic mass is 9.97. The van der Waals surface area contributed by atoms with E-state index in [2.05, 4.69) is 20.1 Å². The van der Waals surface area contributed by atoms with Crippen LogP contribution in [0.2, 0.25) is 0 Å². The lowest BCUT2D eigenvalue weighted by Crippen LogP contribution is -2.44. The first-order valence-corrected chi connectivity index (χ1v) is 11.1. The number of hydrogen-bond acceptors (Lipinski definition) is 6. The van der Waals surface area contributed by atoms with Crippen LogP contribution in [-0.4, -0.2) is 60.0 Å². The molecule has 27 heavy (non-hydrogen) atoms. The van der Waals surface area contributed by atoms with E-state index in [9.17, 15) is 4.79 Å². The molecule has 2 aromatic heterocycles. The highest BCUT2D eigenvalue weighted by Gasteiger charge is 2.27. The molecule has 2 fully saturated rings. The lowest BCUT2D eigenvalue weighted by molar-refractivity contribution is -0.125. The van der Waals surface area contributed by atoms with E-state index in [1.165, 1.54) is 38.8 Å². The number of carbonyl (C=O) groups excluding carboxylic acids is 1. The van der Waals surface area contributed by atoms with Gasteiger partial charge in [0.1, 0.15) is 10.3 Å². The Balaban J connectivity index is 1.28. The molecule has 0 radical (unpaired) electrons. The molecule has 2 aliphatic rings. The number of hydrogen-bond donors (Lipinski definition) is 1. The van der Waals surface area contributed by atoms with Crippen LogP contribution in [-0.2, 0) is 4.79 Å². The van der Waals surface area contributed by atoms with Crippen molar-refractivity contribution in [3.8, 4) is 0 Å². The minimum absolute atomic E-state index is 0.0582. The minimum atomic E-state index is 0.0582. The van der Waals surface area contributed by atoms with Gasteiger partial charge in [0.05, 0.1) is 5.92 Å². The van der Waals surface area contributed by atoms with Gasteiger partial charge in [0.2, 0.25) is 5.91 Å². The summed E-state index contributed by atoms with van der Waals surface area (Å²) in [5, 5.41) is 4.17. The first-order chi connectivity index (χ1) is 13.3. The van der Waals surface area contributed by atoms with Gasteiger partial charge in [-0.3, -0.25) is 4.79 Å². The molecule has 2 aliphatic heterocycles. The van der Waals surface area contributed by atoms with Crippen LogP contribution in [0.3, 0.4) is 0 Å². The van der Waals surface area contributed by atoms with Gasteiger partial charge in [-0.2, -0.15) is 0 Å². The van der Waals surface area contributed by atoms with Gasteiger partial charge in [-0.05, 0) is 50.9 Å². The molecule has 4 heterocycles. The number of nitrogens with one attached hydrogen (secondary N) is 1. The Hall–Kier alpha value is -1.73. The molecule has 2 aromatic rings. The topological polar surface area (TPSA) is 61.4 Å². The predicted molar refractivity (Wildman–Crippen MR) is 110 cm³/mol. The third kappa shape index (κ3) is 4.76. The lowest BCUT2D eigenvalue weighted by Gasteiger charge is -2.31. The van der Waals surface area contributed by atoms with Gasteiger partial charge in [0.15, 0.2) is 5.13 Å². The largest absolute Gasteiger partial charge is 0.355 e. The Bertz CT molecular complexity index is 723. The summed E-state index contributed by atoms with van der Waals surface area (Å²) in [4.78, 5) is 27.5. The van der Waals surface area contributed by atoms with Crippen molar-refractivity contribution < 1.29 is 4.79 Å². The maximum Gasteiger partial charge on any atom is 0.224 e. The highest BCUT2D eigenvalue weighted by molar-refractivity contribution is 7.21. The van der Waals surface area contributed by atoms with Crippen LogP contribution >= 0.6 is 11.3 Å². The molecule has 0 aromatic carbocycles. The van der Waals surface area contributed by atoms with E-state index in [0.717, 1.165) is 54.5 Å². The molecule has 0 spiro atoms. The maximum absolute atomic E-state index is 12.7. The number of thiazole rings is 1. The number of anilines is 1. The molecule has 2 saturated heterocycles. The molecule has 1 amide bonds. The standard InChI is InChI=1S/C20H29N5OS/c26-18(21-10-14-24-11-3-1-2-4-12-24)16-7-6-13-25(15-16)20-23-17-8-5-9-22-19(17)27-20/h5,8-9,16H,1-4,6-7,10-15H2,(H,21,26)/t16-/m0/s1. The maximum atomic E-state index is 12.7. The van der Waals surface area contributed by atoms with Crippen LogP contribution in [0.25, 0.3) is 10.3 Å². The van der Waals surface area contributed by atoms with E-state index in [1.807, 2.05) is 12.1 Å². The van der Waals surface area contributed by atoms with Gasteiger partial charge in [0.25, 0.3) is 0 Å². The number of amides is 1. The summed E-state index contributed by atoms with van der Waals surface area (Å²) in [6.07, 6.45) is 9.10. The first-order valence-electron chi connectivity index (χ1n) is 10.3. The number of nitrogens with zero attached hydrogens (tertiary/aromatic N) is 4. The number of pyridine rings is 1. The molecule has 0 aliphatic carbocycles.